The Hall–Kier alpha value is -1.99. The van der Waals surface area contributed by atoms with Crippen LogP contribution < -0.4 is 20.1 Å². The highest BCUT2D eigenvalue weighted by Gasteiger charge is 2.24. The van der Waals surface area contributed by atoms with Crippen LogP contribution in [0.3, 0.4) is 0 Å². The van der Waals surface area contributed by atoms with Gasteiger partial charge in [-0.15, -0.1) is 0 Å². The lowest BCUT2D eigenvalue weighted by Crippen LogP contribution is -2.49. The predicted molar refractivity (Wildman–Crippen MR) is 111 cm³/mol. The molecule has 7 heteroatoms. The Morgan fingerprint density at radius 1 is 1.18 bits per heavy atom. The van der Waals surface area contributed by atoms with E-state index < -0.39 is 0 Å². The SMILES string of the molecule is CCNC(=NCC(C)(C)c1ccc2c(c1)OCO2)NCC(C)N1CCOCC1. The molecule has 1 saturated heterocycles. The van der Waals surface area contributed by atoms with Crippen molar-refractivity contribution in [1.82, 2.24) is 15.5 Å². The van der Waals surface area contributed by atoms with E-state index in [0.717, 1.165) is 56.9 Å². The Kier molecular flexibility index (Phi) is 7.02. The molecule has 1 atom stereocenters. The van der Waals surface area contributed by atoms with Gasteiger partial charge in [-0.1, -0.05) is 19.9 Å². The summed E-state index contributed by atoms with van der Waals surface area (Å²) in [7, 11) is 0. The third-order valence-corrected chi connectivity index (χ3v) is 5.36. The largest absolute Gasteiger partial charge is 0.454 e. The normalized spacial score (nSPS) is 18.8. The number of rotatable bonds is 7. The summed E-state index contributed by atoms with van der Waals surface area (Å²) in [6.45, 7) is 15.0. The minimum Gasteiger partial charge on any atom is -0.454 e. The van der Waals surface area contributed by atoms with Gasteiger partial charge >= 0.3 is 0 Å². The smallest absolute Gasteiger partial charge is 0.231 e. The summed E-state index contributed by atoms with van der Waals surface area (Å²) in [6, 6.07) is 6.59. The summed E-state index contributed by atoms with van der Waals surface area (Å²) in [5.41, 5.74) is 1.08. The van der Waals surface area contributed by atoms with Crippen molar-refractivity contribution in [2.45, 2.75) is 39.2 Å². The molecule has 2 aliphatic rings. The first-order chi connectivity index (χ1) is 13.5. The van der Waals surface area contributed by atoms with Crippen molar-refractivity contribution < 1.29 is 14.2 Å². The van der Waals surface area contributed by atoms with Gasteiger partial charge in [0, 0.05) is 37.6 Å². The first-order valence-corrected chi connectivity index (χ1v) is 10.2. The molecule has 3 rings (SSSR count). The lowest BCUT2D eigenvalue weighted by Gasteiger charge is -2.32. The van der Waals surface area contributed by atoms with E-state index in [1.807, 2.05) is 6.07 Å². The first kappa shape index (κ1) is 20.7. The topological polar surface area (TPSA) is 67.4 Å². The molecular formula is C21H34N4O3. The molecule has 2 N–H and O–H groups in total. The maximum absolute atomic E-state index is 5.52. The van der Waals surface area contributed by atoms with E-state index in [4.69, 9.17) is 19.2 Å². The standard InChI is InChI=1S/C21H34N4O3/c1-5-22-20(23-13-16(2)25-8-10-26-11-9-25)24-14-21(3,4)17-6-7-18-19(12-17)28-15-27-18/h6-7,12,16H,5,8-11,13-15H2,1-4H3,(H2,22,23,24). The molecule has 0 saturated carbocycles. The van der Waals surface area contributed by atoms with E-state index in [2.05, 4.69) is 55.4 Å². The third kappa shape index (κ3) is 5.29. The molecular weight excluding hydrogens is 356 g/mol. The molecule has 0 radical (unpaired) electrons. The second-order valence-corrected chi connectivity index (χ2v) is 8.03. The molecule has 2 heterocycles. The van der Waals surface area contributed by atoms with Crippen LogP contribution in [0, 0.1) is 0 Å². The van der Waals surface area contributed by atoms with Gasteiger partial charge in [0.15, 0.2) is 17.5 Å². The summed E-state index contributed by atoms with van der Waals surface area (Å²) < 4.78 is 16.4. The summed E-state index contributed by atoms with van der Waals surface area (Å²) in [6.07, 6.45) is 0. The third-order valence-electron chi connectivity index (χ3n) is 5.36. The van der Waals surface area contributed by atoms with Crippen LogP contribution in [0.2, 0.25) is 0 Å². The second kappa shape index (κ2) is 9.47. The number of nitrogens with one attached hydrogen (secondary N) is 2. The summed E-state index contributed by atoms with van der Waals surface area (Å²) in [5, 5.41) is 6.85. The lowest BCUT2D eigenvalue weighted by atomic mass is 9.84. The summed E-state index contributed by atoms with van der Waals surface area (Å²) in [5.74, 6) is 2.49. The van der Waals surface area contributed by atoms with Crippen LogP contribution in [0.25, 0.3) is 0 Å². The Labute approximate surface area is 168 Å². The van der Waals surface area contributed by atoms with E-state index in [1.165, 1.54) is 5.56 Å². The molecule has 1 aromatic rings. The summed E-state index contributed by atoms with van der Waals surface area (Å²) >= 11 is 0. The van der Waals surface area contributed by atoms with E-state index in [-0.39, 0.29) is 5.41 Å². The number of hydrogen-bond donors (Lipinski definition) is 2. The van der Waals surface area contributed by atoms with Crippen molar-refractivity contribution in [3.8, 4) is 11.5 Å². The minimum absolute atomic E-state index is 0.112. The number of guanidine groups is 1. The Balaban J connectivity index is 1.59. The van der Waals surface area contributed by atoms with E-state index in [1.54, 1.807) is 0 Å². The molecule has 1 aromatic carbocycles. The van der Waals surface area contributed by atoms with Gasteiger partial charge < -0.3 is 24.8 Å². The van der Waals surface area contributed by atoms with E-state index in [0.29, 0.717) is 19.4 Å². The zero-order valence-electron chi connectivity index (χ0n) is 17.6. The lowest BCUT2D eigenvalue weighted by molar-refractivity contribution is 0.0211. The summed E-state index contributed by atoms with van der Waals surface area (Å²) in [4.78, 5) is 7.31. The highest BCUT2D eigenvalue weighted by Crippen LogP contribution is 2.36. The zero-order valence-corrected chi connectivity index (χ0v) is 17.6. The van der Waals surface area contributed by atoms with Crippen molar-refractivity contribution in [2.24, 2.45) is 4.99 Å². The van der Waals surface area contributed by atoms with Gasteiger partial charge in [0.05, 0.1) is 19.8 Å². The van der Waals surface area contributed by atoms with Gasteiger partial charge in [-0.05, 0) is 31.5 Å². The van der Waals surface area contributed by atoms with Gasteiger partial charge in [-0.25, -0.2) is 0 Å². The number of nitrogens with zero attached hydrogens (tertiary/aromatic N) is 2. The van der Waals surface area contributed by atoms with Gasteiger partial charge in [-0.3, -0.25) is 9.89 Å². The number of fused-ring (bicyclic) bond motifs is 1. The van der Waals surface area contributed by atoms with Gasteiger partial charge in [0.2, 0.25) is 6.79 Å². The molecule has 1 unspecified atom stereocenters. The van der Waals surface area contributed by atoms with Gasteiger partial charge in [-0.2, -0.15) is 0 Å². The molecule has 0 spiro atoms. The van der Waals surface area contributed by atoms with E-state index in [9.17, 15) is 0 Å². The van der Waals surface area contributed by atoms with E-state index >= 15 is 0 Å². The minimum atomic E-state index is -0.112. The van der Waals surface area contributed by atoms with Gasteiger partial charge in [0.1, 0.15) is 0 Å². The van der Waals surface area contributed by atoms with Crippen LogP contribution in [0.5, 0.6) is 11.5 Å². The van der Waals surface area contributed by atoms with Crippen LogP contribution >= 0.6 is 0 Å². The van der Waals surface area contributed by atoms with Crippen molar-refractivity contribution >= 4 is 5.96 Å². The molecule has 28 heavy (non-hydrogen) atoms. The highest BCUT2D eigenvalue weighted by atomic mass is 16.7. The van der Waals surface area contributed by atoms with Crippen LogP contribution in [0.15, 0.2) is 23.2 Å². The number of morpholine rings is 1. The highest BCUT2D eigenvalue weighted by molar-refractivity contribution is 5.79. The molecule has 156 valence electrons. The zero-order chi connectivity index (χ0) is 20.0. The average molecular weight is 391 g/mol. The maximum Gasteiger partial charge on any atom is 0.231 e. The molecule has 2 aliphatic heterocycles. The predicted octanol–water partition coefficient (Wildman–Crippen LogP) is 1.97. The number of benzene rings is 1. The van der Waals surface area contributed by atoms with Crippen molar-refractivity contribution in [3.05, 3.63) is 23.8 Å². The van der Waals surface area contributed by atoms with Crippen molar-refractivity contribution in [1.29, 1.82) is 0 Å². The van der Waals surface area contributed by atoms with Crippen molar-refractivity contribution in [2.75, 3.05) is 52.7 Å². The monoisotopic (exact) mass is 390 g/mol. The molecule has 0 amide bonds. The first-order valence-electron chi connectivity index (χ1n) is 10.2. The van der Waals surface area contributed by atoms with Crippen LogP contribution in [0.4, 0.5) is 0 Å². The number of hydrogen-bond acceptors (Lipinski definition) is 5. The van der Waals surface area contributed by atoms with Crippen molar-refractivity contribution in [3.63, 3.8) is 0 Å². The number of ether oxygens (including phenoxy) is 3. The fourth-order valence-electron chi connectivity index (χ4n) is 3.42. The molecule has 0 bridgehead atoms. The molecule has 7 nitrogen and oxygen atoms in total. The molecule has 1 fully saturated rings. The molecule has 0 aromatic heterocycles. The second-order valence-electron chi connectivity index (χ2n) is 8.03. The van der Waals surface area contributed by atoms with Gasteiger partial charge in [0.25, 0.3) is 0 Å². The average Bonchev–Trinajstić information content (AvgIpc) is 3.18. The van der Waals surface area contributed by atoms with Crippen LogP contribution in [-0.2, 0) is 10.2 Å². The van der Waals surface area contributed by atoms with Crippen LogP contribution in [-0.4, -0.2) is 69.6 Å². The Morgan fingerprint density at radius 2 is 1.93 bits per heavy atom. The maximum atomic E-state index is 5.52. The Morgan fingerprint density at radius 3 is 2.68 bits per heavy atom. The fourth-order valence-corrected chi connectivity index (χ4v) is 3.42. The van der Waals surface area contributed by atoms with Crippen LogP contribution in [0.1, 0.15) is 33.3 Å². The quantitative estimate of drug-likeness (QED) is 0.548. The molecule has 0 aliphatic carbocycles. The fraction of sp³-hybridized carbons (Fsp3) is 0.667. The Bertz CT molecular complexity index is 672. The number of aliphatic imine (C=N–C) groups is 1.